The van der Waals surface area contributed by atoms with Crippen LogP contribution < -0.4 is 10.6 Å². The number of hydrogen-bond donors (Lipinski definition) is 3. The summed E-state index contributed by atoms with van der Waals surface area (Å²) in [5, 5.41) is 14.1. The Labute approximate surface area is 146 Å². The Morgan fingerprint density at radius 1 is 1.25 bits per heavy atom. The molecule has 1 aromatic heterocycles. The molecule has 0 aliphatic carbocycles. The van der Waals surface area contributed by atoms with Gasteiger partial charge in [-0.2, -0.15) is 0 Å². The summed E-state index contributed by atoms with van der Waals surface area (Å²) in [5.41, 5.74) is 1.32. The van der Waals surface area contributed by atoms with Crippen LogP contribution in [0.25, 0.3) is 0 Å². The fraction of sp³-hybridized carbons (Fsp3) is 0.0667. The van der Waals surface area contributed by atoms with Crippen LogP contribution in [0.1, 0.15) is 15.2 Å². The molecule has 0 bridgehead atoms. The highest BCUT2D eigenvalue weighted by molar-refractivity contribution is 7.17. The van der Waals surface area contributed by atoms with Crippen LogP contribution in [0.5, 0.6) is 0 Å². The zero-order chi connectivity index (χ0) is 17.7. The van der Waals surface area contributed by atoms with Gasteiger partial charge in [0.2, 0.25) is 5.91 Å². The molecule has 0 saturated carbocycles. The molecule has 7 nitrogen and oxygen atoms in total. The number of aryl methyl sites for hydroxylation is 1. The van der Waals surface area contributed by atoms with Crippen LogP contribution in [0, 0.1) is 6.92 Å². The average Bonchev–Trinajstić information content (AvgIpc) is 2.97. The Kier molecular flexibility index (Phi) is 5.67. The van der Waals surface area contributed by atoms with E-state index in [1.165, 1.54) is 6.20 Å². The zero-order valence-corrected chi connectivity index (χ0v) is 13.9. The molecule has 2 aromatic rings. The molecule has 2 rings (SSSR count). The maximum Gasteiger partial charge on any atom is 0.328 e. The molecule has 1 heterocycles. The lowest BCUT2D eigenvalue weighted by Gasteiger charge is -2.08. The van der Waals surface area contributed by atoms with Crippen molar-refractivity contribution in [3.63, 3.8) is 0 Å². The molecule has 0 aliphatic rings. The van der Waals surface area contributed by atoms with Crippen molar-refractivity contribution in [1.82, 2.24) is 4.98 Å². The minimum atomic E-state index is -1.24. The predicted molar refractivity (Wildman–Crippen MR) is 91.7 cm³/mol. The predicted octanol–water partition coefficient (Wildman–Crippen LogP) is 2.94. The van der Waals surface area contributed by atoms with Gasteiger partial charge in [-0.1, -0.05) is 35.1 Å². The summed E-state index contributed by atoms with van der Waals surface area (Å²) in [6.45, 7) is 1.81. The highest BCUT2D eigenvalue weighted by Gasteiger charge is 2.14. The Bertz CT molecular complexity index is 812. The van der Waals surface area contributed by atoms with Gasteiger partial charge in [0, 0.05) is 12.2 Å². The van der Waals surface area contributed by atoms with Gasteiger partial charge in [0.25, 0.3) is 5.91 Å². The first-order valence-electron chi connectivity index (χ1n) is 6.61. The Balaban J connectivity index is 2.06. The molecule has 124 valence electrons. The van der Waals surface area contributed by atoms with E-state index in [0.717, 1.165) is 23.0 Å². The molecule has 2 amide bonds. The molecule has 3 N–H and O–H groups in total. The highest BCUT2D eigenvalue weighted by atomic mass is 35.5. The van der Waals surface area contributed by atoms with Crippen LogP contribution in [0.4, 0.5) is 10.8 Å². The number of carbonyl (C=O) groups is 3. The minimum absolute atomic E-state index is 0.177. The van der Waals surface area contributed by atoms with E-state index < -0.39 is 17.8 Å². The maximum atomic E-state index is 12.2. The fourth-order valence-electron chi connectivity index (χ4n) is 1.70. The first-order chi connectivity index (χ1) is 11.4. The third-order valence-electron chi connectivity index (χ3n) is 2.80. The number of amides is 2. The lowest BCUT2D eigenvalue weighted by atomic mass is 10.2. The van der Waals surface area contributed by atoms with E-state index in [2.05, 4.69) is 15.6 Å². The van der Waals surface area contributed by atoms with Crippen LogP contribution >= 0.6 is 22.9 Å². The lowest BCUT2D eigenvalue weighted by molar-refractivity contribution is -0.131. The number of rotatable bonds is 5. The van der Waals surface area contributed by atoms with Gasteiger partial charge < -0.3 is 10.4 Å². The number of carboxylic acids is 1. The van der Waals surface area contributed by atoms with Gasteiger partial charge >= 0.3 is 5.97 Å². The molecule has 9 heteroatoms. The number of para-hydroxylation sites is 1. The number of halogens is 1. The molecule has 1 aromatic carbocycles. The number of anilines is 2. The summed E-state index contributed by atoms with van der Waals surface area (Å²) in [5.74, 6) is -2.30. The van der Waals surface area contributed by atoms with Crippen molar-refractivity contribution in [2.45, 2.75) is 6.92 Å². The first kappa shape index (κ1) is 17.6. The van der Waals surface area contributed by atoms with E-state index in [0.29, 0.717) is 16.8 Å². The molecular formula is C15H12ClN3O4S. The number of thiazole rings is 1. The number of aliphatic carboxylic acids is 1. The highest BCUT2D eigenvalue weighted by Crippen LogP contribution is 2.27. The van der Waals surface area contributed by atoms with Gasteiger partial charge in [-0.3, -0.25) is 14.9 Å². The summed E-state index contributed by atoms with van der Waals surface area (Å²) in [6.07, 6.45) is 2.87. The van der Waals surface area contributed by atoms with E-state index in [4.69, 9.17) is 16.7 Å². The number of hydrogen-bond acceptors (Lipinski definition) is 5. The van der Waals surface area contributed by atoms with Gasteiger partial charge in [-0.05, 0) is 18.6 Å². The largest absolute Gasteiger partial charge is 0.478 e. The summed E-state index contributed by atoms with van der Waals surface area (Å²) < 4.78 is 0. The SMILES string of the molecule is Cc1cccc(Cl)c1NC(=O)c1cnc(NC(=O)/C=C/C(=O)O)s1. The Hall–Kier alpha value is -2.71. The van der Waals surface area contributed by atoms with Crippen molar-refractivity contribution in [3.8, 4) is 0 Å². The van der Waals surface area contributed by atoms with E-state index in [1.807, 2.05) is 13.0 Å². The summed E-state index contributed by atoms with van der Waals surface area (Å²) in [4.78, 5) is 38.2. The van der Waals surface area contributed by atoms with Crippen molar-refractivity contribution >= 4 is 51.5 Å². The minimum Gasteiger partial charge on any atom is -0.478 e. The number of carbonyl (C=O) groups excluding carboxylic acids is 2. The second-order valence-corrected chi connectivity index (χ2v) is 6.01. The van der Waals surface area contributed by atoms with Crippen LogP contribution in [0.3, 0.4) is 0 Å². The molecule has 0 radical (unpaired) electrons. The smallest absolute Gasteiger partial charge is 0.328 e. The molecule has 0 unspecified atom stereocenters. The van der Waals surface area contributed by atoms with Gasteiger partial charge in [0.15, 0.2) is 5.13 Å². The Morgan fingerprint density at radius 3 is 2.67 bits per heavy atom. The lowest BCUT2D eigenvalue weighted by Crippen LogP contribution is -2.11. The quantitative estimate of drug-likeness (QED) is 0.706. The molecule has 24 heavy (non-hydrogen) atoms. The third-order valence-corrected chi connectivity index (χ3v) is 4.02. The molecule has 0 fully saturated rings. The average molecular weight is 366 g/mol. The topological polar surface area (TPSA) is 108 Å². The summed E-state index contributed by atoms with van der Waals surface area (Å²) in [6, 6.07) is 5.25. The van der Waals surface area contributed by atoms with Crippen molar-refractivity contribution < 1.29 is 19.5 Å². The molecule has 0 atom stereocenters. The summed E-state index contributed by atoms with van der Waals surface area (Å²) in [7, 11) is 0. The fourth-order valence-corrected chi connectivity index (χ4v) is 2.68. The second-order valence-electron chi connectivity index (χ2n) is 4.58. The molecule has 0 aliphatic heterocycles. The van der Waals surface area contributed by atoms with Gasteiger partial charge in [-0.25, -0.2) is 9.78 Å². The van der Waals surface area contributed by atoms with Crippen LogP contribution in [-0.4, -0.2) is 27.9 Å². The van der Waals surface area contributed by atoms with E-state index in [9.17, 15) is 14.4 Å². The summed E-state index contributed by atoms with van der Waals surface area (Å²) >= 11 is 7.01. The maximum absolute atomic E-state index is 12.2. The van der Waals surface area contributed by atoms with Crippen molar-refractivity contribution in [2.24, 2.45) is 0 Å². The van der Waals surface area contributed by atoms with E-state index in [-0.39, 0.29) is 10.0 Å². The Morgan fingerprint density at radius 2 is 2.00 bits per heavy atom. The number of carboxylic acid groups (broad SMARTS) is 1. The molecule has 0 saturated heterocycles. The monoisotopic (exact) mass is 365 g/mol. The first-order valence-corrected chi connectivity index (χ1v) is 7.80. The number of aromatic nitrogens is 1. The van der Waals surface area contributed by atoms with Crippen molar-refractivity contribution in [1.29, 1.82) is 0 Å². The van der Waals surface area contributed by atoms with Gasteiger partial charge in [0.1, 0.15) is 4.88 Å². The van der Waals surface area contributed by atoms with Crippen molar-refractivity contribution in [2.75, 3.05) is 10.6 Å². The van der Waals surface area contributed by atoms with E-state index >= 15 is 0 Å². The zero-order valence-electron chi connectivity index (χ0n) is 12.4. The number of nitrogens with one attached hydrogen (secondary N) is 2. The van der Waals surface area contributed by atoms with Crippen LogP contribution in [-0.2, 0) is 9.59 Å². The standard InChI is InChI=1S/C15H12ClN3O4S/c1-8-3-2-4-9(16)13(8)19-14(23)10-7-17-15(24-10)18-11(20)5-6-12(21)22/h2-7H,1H3,(H,19,23)(H,21,22)(H,17,18,20)/b6-5+. The second kappa shape index (κ2) is 7.71. The van der Waals surface area contributed by atoms with E-state index in [1.54, 1.807) is 12.1 Å². The molecular weight excluding hydrogens is 354 g/mol. The van der Waals surface area contributed by atoms with Crippen molar-refractivity contribution in [3.05, 3.63) is 52.0 Å². The normalized spacial score (nSPS) is 10.6. The van der Waals surface area contributed by atoms with Crippen LogP contribution in [0.2, 0.25) is 5.02 Å². The van der Waals surface area contributed by atoms with Crippen LogP contribution in [0.15, 0.2) is 36.5 Å². The van der Waals surface area contributed by atoms with Gasteiger partial charge in [0.05, 0.1) is 16.9 Å². The van der Waals surface area contributed by atoms with Gasteiger partial charge in [-0.15, -0.1) is 0 Å². The molecule has 0 spiro atoms. The number of nitrogens with zero attached hydrogens (tertiary/aromatic N) is 1. The third kappa shape index (κ3) is 4.64. The number of benzene rings is 1.